The maximum Gasteiger partial charge on any atom is 0.144 e. The molecule has 0 N–H and O–H groups in total. The number of benzene rings is 1. The Morgan fingerprint density at radius 2 is 2.14 bits per heavy atom. The van der Waals surface area contributed by atoms with Crippen molar-refractivity contribution >= 4 is 0 Å². The molecule has 1 aliphatic carbocycles. The summed E-state index contributed by atoms with van der Waals surface area (Å²) in [6.07, 6.45) is 6.82. The smallest absolute Gasteiger partial charge is 0.144 e. The van der Waals surface area contributed by atoms with Gasteiger partial charge in [-0.3, -0.25) is 4.68 Å². The largest absolute Gasteiger partial charge is 0.486 e. The van der Waals surface area contributed by atoms with E-state index < -0.39 is 5.82 Å². The lowest BCUT2D eigenvalue weighted by Gasteiger charge is -2.09. The second kappa shape index (κ2) is 5.96. The highest BCUT2D eigenvalue weighted by atomic mass is 19.1. The fourth-order valence-electron chi connectivity index (χ4n) is 2.71. The fraction of sp³-hybridized carbons (Fsp3) is 0.375. The van der Waals surface area contributed by atoms with Crippen LogP contribution in [0.4, 0.5) is 4.39 Å². The van der Waals surface area contributed by atoms with E-state index in [9.17, 15) is 4.39 Å². The number of rotatable bonds is 4. The summed E-state index contributed by atoms with van der Waals surface area (Å²) in [5.74, 6) is -0.306. The molecule has 5 heteroatoms. The predicted molar refractivity (Wildman–Crippen MR) is 75.2 cm³/mol. The van der Waals surface area contributed by atoms with Crippen molar-refractivity contribution in [2.24, 2.45) is 0 Å². The van der Waals surface area contributed by atoms with Crippen LogP contribution in [0.1, 0.15) is 43.0 Å². The molecule has 0 unspecified atom stereocenters. The van der Waals surface area contributed by atoms with Crippen LogP contribution in [0.15, 0.2) is 30.5 Å². The van der Waals surface area contributed by atoms with Gasteiger partial charge < -0.3 is 4.74 Å². The van der Waals surface area contributed by atoms with Gasteiger partial charge in [0, 0.05) is 6.20 Å². The number of nitriles is 1. The highest BCUT2D eigenvalue weighted by molar-refractivity contribution is 5.43. The molecule has 1 aliphatic rings. The molecule has 3 rings (SSSR count). The molecule has 0 amide bonds. The number of hydrogen-bond donors (Lipinski definition) is 0. The van der Waals surface area contributed by atoms with Gasteiger partial charge in [0.2, 0.25) is 0 Å². The molecule has 0 radical (unpaired) electrons. The molecule has 0 bridgehead atoms. The summed E-state index contributed by atoms with van der Waals surface area (Å²) in [4.78, 5) is 0. The van der Waals surface area contributed by atoms with Crippen molar-refractivity contribution in [2.45, 2.75) is 38.3 Å². The minimum Gasteiger partial charge on any atom is -0.486 e. The van der Waals surface area contributed by atoms with Gasteiger partial charge >= 0.3 is 0 Å². The molecule has 21 heavy (non-hydrogen) atoms. The van der Waals surface area contributed by atoms with Gasteiger partial charge in [-0.05, 0) is 31.0 Å². The molecular weight excluding hydrogens is 269 g/mol. The molecule has 108 valence electrons. The molecule has 0 spiro atoms. The highest BCUT2D eigenvalue weighted by Crippen LogP contribution is 2.29. The van der Waals surface area contributed by atoms with E-state index >= 15 is 0 Å². The van der Waals surface area contributed by atoms with Crippen molar-refractivity contribution in [2.75, 3.05) is 0 Å². The molecule has 1 saturated carbocycles. The van der Waals surface area contributed by atoms with Gasteiger partial charge in [0.15, 0.2) is 0 Å². The van der Waals surface area contributed by atoms with Crippen molar-refractivity contribution in [1.82, 2.24) is 9.78 Å². The minimum atomic E-state index is -0.563. The third-order valence-corrected chi connectivity index (χ3v) is 3.83. The number of aromatic nitrogens is 2. The molecular formula is C16H16FN3O. The second-order valence-corrected chi connectivity index (χ2v) is 5.24. The van der Waals surface area contributed by atoms with Crippen LogP contribution in [0.25, 0.3) is 0 Å². The van der Waals surface area contributed by atoms with Crippen molar-refractivity contribution in [3.05, 3.63) is 47.5 Å². The Hall–Kier alpha value is -2.35. The quantitative estimate of drug-likeness (QED) is 0.862. The number of nitrogens with zero attached hydrogens (tertiary/aromatic N) is 3. The van der Waals surface area contributed by atoms with Crippen molar-refractivity contribution < 1.29 is 9.13 Å². The summed E-state index contributed by atoms with van der Waals surface area (Å²) >= 11 is 0. The number of halogens is 1. The summed E-state index contributed by atoms with van der Waals surface area (Å²) in [7, 11) is 0. The van der Waals surface area contributed by atoms with Crippen LogP contribution in [0.3, 0.4) is 0 Å². The molecule has 0 saturated heterocycles. The Morgan fingerprint density at radius 3 is 2.90 bits per heavy atom. The topological polar surface area (TPSA) is 50.8 Å². The van der Waals surface area contributed by atoms with E-state index in [1.54, 1.807) is 6.07 Å². The van der Waals surface area contributed by atoms with Gasteiger partial charge in [0.05, 0.1) is 11.7 Å². The summed E-state index contributed by atoms with van der Waals surface area (Å²) in [5, 5.41) is 13.5. The van der Waals surface area contributed by atoms with Gasteiger partial charge in [0.25, 0.3) is 0 Å². The van der Waals surface area contributed by atoms with Crippen LogP contribution in [0.5, 0.6) is 5.75 Å². The zero-order valence-electron chi connectivity index (χ0n) is 11.6. The highest BCUT2D eigenvalue weighted by Gasteiger charge is 2.17. The van der Waals surface area contributed by atoms with Crippen LogP contribution < -0.4 is 4.74 Å². The van der Waals surface area contributed by atoms with Crippen LogP contribution in [-0.4, -0.2) is 9.78 Å². The first-order valence-electron chi connectivity index (χ1n) is 7.13. The molecule has 1 heterocycles. The molecule has 1 fully saturated rings. The minimum absolute atomic E-state index is 0.0623. The van der Waals surface area contributed by atoms with Gasteiger partial charge in [0.1, 0.15) is 29.8 Å². The average molecular weight is 285 g/mol. The van der Waals surface area contributed by atoms with E-state index in [0.29, 0.717) is 6.04 Å². The Balaban J connectivity index is 1.68. The summed E-state index contributed by atoms with van der Waals surface area (Å²) in [6, 6.07) is 8.59. The van der Waals surface area contributed by atoms with Crippen LogP contribution in [0.2, 0.25) is 0 Å². The zero-order chi connectivity index (χ0) is 14.7. The Bertz CT molecular complexity index is 668. The lowest BCUT2D eigenvalue weighted by Crippen LogP contribution is -2.06. The van der Waals surface area contributed by atoms with Gasteiger partial charge in [-0.25, -0.2) is 4.39 Å². The first-order valence-corrected chi connectivity index (χ1v) is 7.13. The van der Waals surface area contributed by atoms with Crippen molar-refractivity contribution in [1.29, 1.82) is 5.26 Å². The van der Waals surface area contributed by atoms with Crippen LogP contribution >= 0.6 is 0 Å². The molecule has 0 aliphatic heterocycles. The van der Waals surface area contributed by atoms with Crippen molar-refractivity contribution in [3.63, 3.8) is 0 Å². The monoisotopic (exact) mass is 285 g/mol. The predicted octanol–water partition coefficient (Wildman–Crippen LogP) is 3.59. The maximum absolute atomic E-state index is 13.5. The second-order valence-electron chi connectivity index (χ2n) is 5.24. The van der Waals surface area contributed by atoms with E-state index in [1.165, 1.54) is 37.8 Å². The molecule has 0 atom stereocenters. The van der Waals surface area contributed by atoms with Crippen molar-refractivity contribution in [3.8, 4) is 11.8 Å². The van der Waals surface area contributed by atoms with Gasteiger partial charge in [-0.15, -0.1) is 0 Å². The van der Waals surface area contributed by atoms with Crippen LogP contribution in [-0.2, 0) is 6.61 Å². The van der Waals surface area contributed by atoms with E-state index in [0.717, 1.165) is 5.69 Å². The summed E-state index contributed by atoms with van der Waals surface area (Å²) in [5.41, 5.74) is 0.725. The SMILES string of the molecule is N#Cc1c(F)cccc1OCc1ccn(C2CCCC2)n1. The average Bonchev–Trinajstić information content (AvgIpc) is 3.16. The van der Waals surface area contributed by atoms with Gasteiger partial charge in [-0.1, -0.05) is 18.9 Å². The summed E-state index contributed by atoms with van der Waals surface area (Å²) < 4.78 is 21.0. The van der Waals surface area contributed by atoms with Gasteiger partial charge in [-0.2, -0.15) is 10.4 Å². The first-order chi connectivity index (χ1) is 10.3. The third-order valence-electron chi connectivity index (χ3n) is 3.83. The zero-order valence-corrected chi connectivity index (χ0v) is 11.6. The fourth-order valence-corrected chi connectivity index (χ4v) is 2.71. The molecule has 1 aromatic carbocycles. The third kappa shape index (κ3) is 2.89. The standard InChI is InChI=1S/C16H16FN3O/c17-15-6-3-7-16(14(15)10-18)21-11-12-8-9-20(19-12)13-4-1-2-5-13/h3,6-9,13H,1-2,4-5,11H2. The first kappa shape index (κ1) is 13.6. The van der Waals surface area contributed by atoms with E-state index in [-0.39, 0.29) is 17.9 Å². The lowest BCUT2D eigenvalue weighted by atomic mass is 10.2. The van der Waals surface area contributed by atoms with E-state index in [4.69, 9.17) is 10.00 Å². The Labute approximate surface area is 122 Å². The number of ether oxygens (including phenoxy) is 1. The molecule has 4 nitrogen and oxygen atoms in total. The van der Waals surface area contributed by atoms with E-state index in [2.05, 4.69) is 5.10 Å². The lowest BCUT2D eigenvalue weighted by molar-refractivity contribution is 0.295. The molecule has 1 aromatic heterocycles. The number of hydrogen-bond acceptors (Lipinski definition) is 3. The maximum atomic E-state index is 13.5. The summed E-state index contributed by atoms with van der Waals surface area (Å²) in [6.45, 7) is 0.234. The van der Waals surface area contributed by atoms with Crippen LogP contribution in [0, 0.1) is 17.1 Å². The Morgan fingerprint density at radius 1 is 1.33 bits per heavy atom. The molecule has 2 aromatic rings. The Kier molecular flexibility index (Phi) is 3.87. The normalized spacial score (nSPS) is 15.0. The van der Waals surface area contributed by atoms with E-state index in [1.807, 2.05) is 23.0 Å².